The van der Waals surface area contributed by atoms with Gasteiger partial charge in [0, 0.05) is 24.1 Å². The van der Waals surface area contributed by atoms with Crippen molar-refractivity contribution >= 4 is 17.0 Å². The maximum atomic E-state index is 14.0. The highest BCUT2D eigenvalue weighted by molar-refractivity contribution is 5.96. The molecule has 0 saturated carbocycles. The van der Waals surface area contributed by atoms with Crippen LogP contribution in [0.5, 0.6) is 0 Å². The fourth-order valence-electron chi connectivity index (χ4n) is 6.64. The number of aryl methyl sites for hydroxylation is 3. The van der Waals surface area contributed by atoms with Gasteiger partial charge in [0.25, 0.3) is 0 Å². The van der Waals surface area contributed by atoms with Gasteiger partial charge in [-0.15, -0.1) is 0 Å². The van der Waals surface area contributed by atoms with E-state index in [0.717, 1.165) is 96.0 Å². The van der Waals surface area contributed by atoms with Crippen LogP contribution in [0.1, 0.15) is 144 Å². The van der Waals surface area contributed by atoms with Gasteiger partial charge < -0.3 is 9.67 Å². The lowest BCUT2D eigenvalue weighted by atomic mass is 9.99. The Morgan fingerprint density at radius 3 is 1.85 bits per heavy atom. The van der Waals surface area contributed by atoms with E-state index in [0.29, 0.717) is 12.1 Å². The van der Waals surface area contributed by atoms with Gasteiger partial charge >= 0.3 is 5.97 Å². The first kappa shape index (κ1) is 36.1. The lowest BCUT2D eigenvalue weighted by Crippen LogP contribution is -2.12. The van der Waals surface area contributed by atoms with Crippen molar-refractivity contribution in [1.82, 2.24) is 9.55 Å². The van der Waals surface area contributed by atoms with Gasteiger partial charge in [-0.3, -0.25) is 4.79 Å². The van der Waals surface area contributed by atoms with Gasteiger partial charge in [0.2, 0.25) is 0 Å². The van der Waals surface area contributed by atoms with Crippen molar-refractivity contribution in [3.8, 4) is 11.1 Å². The van der Waals surface area contributed by atoms with Crippen molar-refractivity contribution in [2.75, 3.05) is 0 Å². The summed E-state index contributed by atoms with van der Waals surface area (Å²) in [5.74, 6) is 0.159. The van der Waals surface area contributed by atoms with E-state index in [1.807, 2.05) is 24.3 Å². The van der Waals surface area contributed by atoms with Crippen molar-refractivity contribution in [3.63, 3.8) is 0 Å². The number of benzene rings is 2. The normalized spacial score (nSPS) is 11.4. The summed E-state index contributed by atoms with van der Waals surface area (Å²) in [7, 11) is 0. The zero-order valence-corrected chi connectivity index (χ0v) is 29.2. The van der Waals surface area contributed by atoms with Gasteiger partial charge in [-0.2, -0.15) is 0 Å². The molecule has 0 amide bonds. The van der Waals surface area contributed by atoms with E-state index < -0.39 is 5.97 Å². The molecule has 0 aliphatic carbocycles. The Morgan fingerprint density at radius 2 is 1.23 bits per heavy atom. The van der Waals surface area contributed by atoms with Crippen molar-refractivity contribution in [3.05, 3.63) is 99.0 Å². The van der Waals surface area contributed by atoms with Crippen LogP contribution in [0, 0.1) is 0 Å². The third-order valence-corrected chi connectivity index (χ3v) is 9.44. The van der Waals surface area contributed by atoms with Crippen molar-refractivity contribution in [2.45, 2.75) is 136 Å². The number of aromatic carboxylic acids is 1. The number of fused-ring (bicyclic) bond motifs is 1. The van der Waals surface area contributed by atoms with E-state index in [2.05, 4.69) is 49.6 Å². The second-order valence-corrected chi connectivity index (χ2v) is 13.2. The molecule has 0 radical (unpaired) electrons. The van der Waals surface area contributed by atoms with Gasteiger partial charge in [-0.05, 0) is 67.0 Å². The average Bonchev–Trinajstić information content (AvgIpc) is 3.32. The van der Waals surface area contributed by atoms with E-state index in [9.17, 15) is 14.7 Å². The second kappa shape index (κ2) is 19.2. The molecule has 3 aromatic carbocycles. The molecule has 0 aliphatic heterocycles. The monoisotopic (exact) mass is 636 g/mol. The molecule has 4 rings (SSSR count). The van der Waals surface area contributed by atoms with Crippen molar-refractivity contribution in [1.29, 1.82) is 0 Å². The highest BCUT2D eigenvalue weighted by Gasteiger charge is 2.16. The fourth-order valence-corrected chi connectivity index (χ4v) is 6.64. The maximum Gasteiger partial charge on any atom is 0.336 e. The molecule has 0 saturated heterocycles. The van der Waals surface area contributed by atoms with E-state index in [-0.39, 0.29) is 5.43 Å². The minimum absolute atomic E-state index is 0.214. The second-order valence-electron chi connectivity index (χ2n) is 13.2. The molecule has 47 heavy (non-hydrogen) atoms. The molecule has 5 nitrogen and oxygen atoms in total. The molecular weight excluding hydrogens is 580 g/mol. The number of carbonyl (C=O) groups is 1. The third-order valence-electron chi connectivity index (χ3n) is 9.44. The number of hydrogen-bond donors (Lipinski definition) is 1. The fraction of sp³-hybridized carbons (Fsp3) is 0.500. The van der Waals surface area contributed by atoms with E-state index in [1.165, 1.54) is 57.8 Å². The highest BCUT2D eigenvalue weighted by Crippen LogP contribution is 2.26. The number of aromatic nitrogens is 2. The minimum atomic E-state index is -0.922. The first-order valence-corrected chi connectivity index (χ1v) is 18.4. The minimum Gasteiger partial charge on any atom is -0.478 e. The smallest absolute Gasteiger partial charge is 0.336 e. The topological polar surface area (TPSA) is 72.2 Å². The van der Waals surface area contributed by atoms with Crippen LogP contribution in [0.3, 0.4) is 0 Å². The van der Waals surface area contributed by atoms with E-state index in [4.69, 9.17) is 4.98 Å². The summed E-state index contributed by atoms with van der Waals surface area (Å²) in [5.41, 5.74) is 7.08. The molecule has 252 valence electrons. The molecule has 5 heteroatoms. The summed E-state index contributed by atoms with van der Waals surface area (Å²) >= 11 is 0. The molecule has 0 unspecified atom stereocenters. The highest BCUT2D eigenvalue weighted by atomic mass is 16.4. The Labute approximate surface area is 282 Å². The summed E-state index contributed by atoms with van der Waals surface area (Å²) in [6.07, 6.45) is 19.0. The van der Waals surface area contributed by atoms with Crippen LogP contribution in [-0.2, 0) is 25.8 Å². The van der Waals surface area contributed by atoms with Crippen LogP contribution in [0.25, 0.3) is 22.2 Å². The average molecular weight is 637 g/mol. The lowest BCUT2D eigenvalue weighted by molar-refractivity contribution is 0.0697. The zero-order valence-electron chi connectivity index (χ0n) is 29.2. The summed E-state index contributed by atoms with van der Waals surface area (Å²) in [6, 6.07) is 19.7. The Morgan fingerprint density at radius 1 is 0.681 bits per heavy atom. The van der Waals surface area contributed by atoms with Gasteiger partial charge in [0.1, 0.15) is 5.82 Å². The third kappa shape index (κ3) is 10.4. The summed E-state index contributed by atoms with van der Waals surface area (Å²) < 4.78 is 2.34. The Kier molecular flexibility index (Phi) is 14.7. The number of carboxylic acid groups (broad SMARTS) is 1. The number of imidazole rings is 1. The molecular formula is C42H56N2O3. The summed E-state index contributed by atoms with van der Waals surface area (Å²) in [5, 5.41) is 9.71. The van der Waals surface area contributed by atoms with Crippen LogP contribution in [-0.4, -0.2) is 20.6 Å². The van der Waals surface area contributed by atoms with E-state index >= 15 is 0 Å². The lowest BCUT2D eigenvalue weighted by Gasteiger charge is -2.11. The summed E-state index contributed by atoms with van der Waals surface area (Å²) in [4.78, 5) is 31.0. The van der Waals surface area contributed by atoms with Crippen LogP contribution >= 0.6 is 0 Å². The molecule has 1 aromatic heterocycles. The molecule has 0 fully saturated rings. The molecule has 4 aromatic rings. The number of hydrogen-bond acceptors (Lipinski definition) is 3. The van der Waals surface area contributed by atoms with Crippen LogP contribution in [0.15, 0.2) is 65.5 Å². The molecule has 0 spiro atoms. The Balaban J connectivity index is 1.73. The first-order chi connectivity index (χ1) is 23.0. The Bertz CT molecular complexity index is 1620. The standard InChI is InChI=1S/C42H56N2O3/c1-4-7-10-13-15-20-34-29-38-39(30-35(41(34)45)21-16-14-11-8-5-2)44(40(43-38)24-17-12-9-6-3)31-32-25-27-33(28-26-32)36-22-18-19-23-37(36)42(46)47/h18-19,22-23,25-30H,4-17,20-21,24,31H2,1-3H3,(H,46,47). The first-order valence-electron chi connectivity index (χ1n) is 18.4. The van der Waals surface area contributed by atoms with Crippen molar-refractivity contribution in [2.24, 2.45) is 0 Å². The number of rotatable bonds is 21. The predicted octanol–water partition coefficient (Wildman–Crippen LogP) is 11.0. The Hall–Kier alpha value is -3.73. The van der Waals surface area contributed by atoms with Crippen LogP contribution < -0.4 is 5.43 Å². The SMILES string of the molecule is CCCCCCCc1cc2nc(CCCCCC)n(Cc3ccc(-c4ccccc4C(=O)O)cc3)c2cc(CCCCCCC)c1=O. The van der Waals surface area contributed by atoms with Crippen molar-refractivity contribution < 1.29 is 9.90 Å². The van der Waals surface area contributed by atoms with Gasteiger partial charge in [-0.25, -0.2) is 9.78 Å². The molecule has 1 heterocycles. The molecule has 0 aliphatic rings. The summed E-state index contributed by atoms with van der Waals surface area (Å²) in [6.45, 7) is 7.36. The largest absolute Gasteiger partial charge is 0.478 e. The van der Waals surface area contributed by atoms with Gasteiger partial charge in [0.15, 0.2) is 5.43 Å². The van der Waals surface area contributed by atoms with Gasteiger partial charge in [-0.1, -0.05) is 134 Å². The van der Waals surface area contributed by atoms with Gasteiger partial charge in [0.05, 0.1) is 16.6 Å². The number of nitrogens with zero attached hydrogens (tertiary/aromatic N) is 2. The molecule has 0 bridgehead atoms. The molecule has 1 N–H and O–H groups in total. The predicted molar refractivity (Wildman–Crippen MR) is 197 cm³/mol. The van der Waals surface area contributed by atoms with Crippen LogP contribution in [0.2, 0.25) is 0 Å². The van der Waals surface area contributed by atoms with E-state index in [1.54, 1.807) is 12.1 Å². The molecule has 0 atom stereocenters. The van der Waals surface area contributed by atoms with Crippen LogP contribution in [0.4, 0.5) is 0 Å². The number of carboxylic acids is 1. The maximum absolute atomic E-state index is 14.0. The zero-order chi connectivity index (χ0) is 33.4. The number of unbranched alkanes of at least 4 members (excludes halogenated alkanes) is 11. The quantitative estimate of drug-likeness (QED) is 0.0924.